The number of ether oxygens (including phenoxy) is 1. The van der Waals surface area contributed by atoms with Crippen molar-refractivity contribution in [2.45, 2.75) is 65.3 Å². The van der Waals surface area contributed by atoms with Crippen LogP contribution in [-0.4, -0.2) is 49.6 Å². The smallest absolute Gasteiger partial charge is 0.442 e. The Morgan fingerprint density at radius 2 is 1.77 bits per heavy atom. The summed E-state index contributed by atoms with van der Waals surface area (Å²) < 4.78 is 21.0. The highest BCUT2D eigenvalue weighted by atomic mass is 16.7. The first-order valence-electron chi connectivity index (χ1n) is 10.4. The standard InChI is InChI=1S/C22H29BN4O4/c1-20(2,3)29-19(28)27-17-10-9-15(23-30-21(4,5)22(6,7)31-23)11-16(17)18(25-27)14-12-24-26(8)13-14/h9-13H,1-8H3. The molecule has 164 valence electrons. The number of hydrogen-bond acceptors (Lipinski definition) is 6. The molecule has 1 saturated heterocycles. The molecule has 1 aromatic carbocycles. The highest BCUT2D eigenvalue weighted by molar-refractivity contribution is 6.62. The summed E-state index contributed by atoms with van der Waals surface area (Å²) in [5.41, 5.74) is 1.44. The van der Waals surface area contributed by atoms with Gasteiger partial charge >= 0.3 is 13.2 Å². The predicted octanol–water partition coefficient (Wildman–Crippen LogP) is 3.52. The number of nitrogens with zero attached hydrogens (tertiary/aromatic N) is 4. The summed E-state index contributed by atoms with van der Waals surface area (Å²) in [4.78, 5) is 12.8. The summed E-state index contributed by atoms with van der Waals surface area (Å²) in [7, 11) is 1.33. The Bertz CT molecular complexity index is 1140. The van der Waals surface area contributed by atoms with E-state index in [1.165, 1.54) is 4.68 Å². The Labute approximate surface area is 182 Å². The second-order valence-electron chi connectivity index (χ2n) is 10.0. The lowest BCUT2D eigenvalue weighted by Crippen LogP contribution is -2.41. The minimum atomic E-state index is -0.632. The minimum absolute atomic E-state index is 0.445. The molecule has 0 bridgehead atoms. The van der Waals surface area contributed by atoms with Crippen LogP contribution in [0.3, 0.4) is 0 Å². The molecule has 0 saturated carbocycles. The first-order chi connectivity index (χ1) is 14.3. The monoisotopic (exact) mass is 424 g/mol. The summed E-state index contributed by atoms with van der Waals surface area (Å²) in [5, 5.41) is 9.64. The van der Waals surface area contributed by atoms with E-state index in [9.17, 15) is 4.79 Å². The molecule has 1 aliphatic rings. The van der Waals surface area contributed by atoms with Crippen LogP contribution in [0, 0.1) is 0 Å². The van der Waals surface area contributed by atoms with E-state index in [2.05, 4.69) is 10.2 Å². The molecule has 9 heteroatoms. The van der Waals surface area contributed by atoms with Crippen LogP contribution >= 0.6 is 0 Å². The number of aromatic nitrogens is 4. The number of rotatable bonds is 2. The van der Waals surface area contributed by atoms with Gasteiger partial charge in [0.2, 0.25) is 0 Å². The van der Waals surface area contributed by atoms with Crippen molar-refractivity contribution in [1.29, 1.82) is 0 Å². The van der Waals surface area contributed by atoms with E-state index in [0.29, 0.717) is 11.2 Å². The molecule has 0 spiro atoms. The Balaban J connectivity index is 1.83. The summed E-state index contributed by atoms with van der Waals surface area (Å²) in [6.45, 7) is 13.6. The van der Waals surface area contributed by atoms with Crippen molar-refractivity contribution in [1.82, 2.24) is 19.6 Å². The van der Waals surface area contributed by atoms with Gasteiger partial charge in [-0.25, -0.2) is 4.79 Å². The molecule has 0 N–H and O–H groups in total. The van der Waals surface area contributed by atoms with Crippen molar-refractivity contribution in [2.75, 3.05) is 0 Å². The second-order valence-corrected chi connectivity index (χ2v) is 10.0. The van der Waals surface area contributed by atoms with Crippen molar-refractivity contribution in [3.05, 3.63) is 30.6 Å². The van der Waals surface area contributed by atoms with Crippen LogP contribution < -0.4 is 5.46 Å². The SMILES string of the molecule is Cn1cc(-c2nn(C(=O)OC(C)(C)C)c3ccc(B4OC(C)(C)C(C)(C)O4)cc23)cn1. The maximum atomic E-state index is 12.8. The molecule has 0 radical (unpaired) electrons. The first-order valence-corrected chi connectivity index (χ1v) is 10.4. The quantitative estimate of drug-likeness (QED) is 0.586. The van der Waals surface area contributed by atoms with Crippen LogP contribution in [0.5, 0.6) is 0 Å². The van der Waals surface area contributed by atoms with Crippen LogP contribution in [0.1, 0.15) is 48.5 Å². The van der Waals surface area contributed by atoms with Crippen molar-refractivity contribution < 1.29 is 18.8 Å². The third-order valence-corrected chi connectivity index (χ3v) is 5.77. The zero-order chi connectivity index (χ0) is 22.8. The van der Waals surface area contributed by atoms with Gasteiger partial charge in [-0.2, -0.15) is 14.9 Å². The number of hydrogen-bond donors (Lipinski definition) is 0. The zero-order valence-electron chi connectivity index (χ0n) is 19.4. The predicted molar refractivity (Wildman–Crippen MR) is 119 cm³/mol. The van der Waals surface area contributed by atoms with Crippen molar-refractivity contribution in [3.8, 4) is 11.3 Å². The zero-order valence-corrected chi connectivity index (χ0v) is 19.4. The van der Waals surface area contributed by atoms with Gasteiger partial charge in [0.15, 0.2) is 0 Å². The van der Waals surface area contributed by atoms with Crippen LogP contribution in [0.25, 0.3) is 22.2 Å². The summed E-state index contributed by atoms with van der Waals surface area (Å²) in [5.74, 6) is 0. The largest absolute Gasteiger partial charge is 0.494 e. The van der Waals surface area contributed by atoms with E-state index < -0.39 is 30.0 Å². The van der Waals surface area contributed by atoms with Crippen molar-refractivity contribution >= 4 is 29.6 Å². The van der Waals surface area contributed by atoms with Crippen LogP contribution in [0.2, 0.25) is 0 Å². The molecule has 4 rings (SSSR count). The molecule has 2 aromatic heterocycles. The molecule has 0 atom stereocenters. The van der Waals surface area contributed by atoms with Gasteiger partial charge in [0.05, 0.1) is 22.9 Å². The molecular weight excluding hydrogens is 395 g/mol. The van der Waals surface area contributed by atoms with Crippen LogP contribution in [0.15, 0.2) is 30.6 Å². The fraction of sp³-hybridized carbons (Fsp3) is 0.500. The molecule has 0 aliphatic carbocycles. The highest BCUT2D eigenvalue weighted by Crippen LogP contribution is 2.37. The van der Waals surface area contributed by atoms with Gasteiger partial charge in [-0.15, -0.1) is 0 Å². The number of carbonyl (C=O) groups is 1. The minimum Gasteiger partial charge on any atom is -0.442 e. The molecule has 8 nitrogen and oxygen atoms in total. The maximum Gasteiger partial charge on any atom is 0.494 e. The molecule has 0 unspecified atom stereocenters. The molecule has 1 fully saturated rings. The topological polar surface area (TPSA) is 80.4 Å². The third kappa shape index (κ3) is 3.88. The fourth-order valence-electron chi connectivity index (χ4n) is 3.46. The van der Waals surface area contributed by atoms with E-state index in [-0.39, 0.29) is 0 Å². The Morgan fingerprint density at radius 3 is 2.32 bits per heavy atom. The average molecular weight is 424 g/mol. The molecule has 31 heavy (non-hydrogen) atoms. The first kappa shape index (κ1) is 21.6. The normalized spacial score (nSPS) is 18.0. The molecule has 3 aromatic rings. The van der Waals surface area contributed by atoms with Crippen LogP contribution in [-0.2, 0) is 21.1 Å². The van der Waals surface area contributed by atoms with Gasteiger partial charge in [-0.1, -0.05) is 12.1 Å². The van der Waals surface area contributed by atoms with Gasteiger partial charge in [0.25, 0.3) is 0 Å². The van der Waals surface area contributed by atoms with Crippen molar-refractivity contribution in [2.24, 2.45) is 7.05 Å². The lowest BCUT2D eigenvalue weighted by Gasteiger charge is -2.32. The summed E-state index contributed by atoms with van der Waals surface area (Å²) in [6.07, 6.45) is 3.06. The number of fused-ring (bicyclic) bond motifs is 1. The van der Waals surface area contributed by atoms with E-state index in [0.717, 1.165) is 16.4 Å². The highest BCUT2D eigenvalue weighted by Gasteiger charge is 2.51. The third-order valence-electron chi connectivity index (χ3n) is 5.77. The lowest BCUT2D eigenvalue weighted by molar-refractivity contribution is 0.00578. The van der Waals surface area contributed by atoms with Crippen LogP contribution in [0.4, 0.5) is 4.79 Å². The summed E-state index contributed by atoms with van der Waals surface area (Å²) in [6, 6.07) is 5.72. The second kappa shape index (κ2) is 6.93. The van der Waals surface area contributed by atoms with E-state index >= 15 is 0 Å². The molecule has 3 heterocycles. The van der Waals surface area contributed by atoms with Gasteiger partial charge < -0.3 is 14.0 Å². The Morgan fingerprint density at radius 1 is 1.13 bits per heavy atom. The molecular formula is C22H29BN4O4. The Kier molecular flexibility index (Phi) is 4.83. The van der Waals surface area contributed by atoms with E-state index in [4.69, 9.17) is 14.0 Å². The van der Waals surface area contributed by atoms with Gasteiger partial charge in [0, 0.05) is 24.2 Å². The molecule has 1 aliphatic heterocycles. The van der Waals surface area contributed by atoms with Crippen molar-refractivity contribution in [3.63, 3.8) is 0 Å². The van der Waals surface area contributed by atoms with E-state index in [1.807, 2.05) is 79.9 Å². The summed E-state index contributed by atoms with van der Waals surface area (Å²) >= 11 is 0. The number of carbonyl (C=O) groups excluding carboxylic acids is 1. The molecule has 0 amide bonds. The lowest BCUT2D eigenvalue weighted by atomic mass is 9.78. The van der Waals surface area contributed by atoms with E-state index in [1.54, 1.807) is 10.9 Å². The Hall–Kier alpha value is -2.65. The fourth-order valence-corrected chi connectivity index (χ4v) is 3.46. The maximum absolute atomic E-state index is 12.8. The van der Waals surface area contributed by atoms with Gasteiger partial charge in [-0.05, 0) is 60.0 Å². The van der Waals surface area contributed by atoms with Gasteiger partial charge in [0.1, 0.15) is 11.3 Å². The average Bonchev–Trinajstić information content (AvgIpc) is 3.27. The van der Waals surface area contributed by atoms with Gasteiger partial charge in [-0.3, -0.25) is 4.68 Å². The number of benzene rings is 1. The number of aryl methyl sites for hydroxylation is 1.